The SMILES string of the molecule is OCC(CI)CI. The Labute approximate surface area is 71.2 Å². The van der Waals surface area contributed by atoms with Crippen molar-refractivity contribution in [1.82, 2.24) is 0 Å². The molecule has 1 N–H and O–H groups in total. The van der Waals surface area contributed by atoms with Crippen molar-refractivity contribution in [3.05, 3.63) is 0 Å². The molecule has 0 saturated heterocycles. The van der Waals surface area contributed by atoms with Crippen LogP contribution in [0.3, 0.4) is 0 Å². The summed E-state index contributed by atoms with van der Waals surface area (Å²) in [6.07, 6.45) is 0. The Hall–Kier alpha value is 1.42. The van der Waals surface area contributed by atoms with Crippen molar-refractivity contribution < 1.29 is 5.11 Å². The number of rotatable bonds is 3. The molecule has 44 valence electrons. The van der Waals surface area contributed by atoms with Crippen LogP contribution in [0.5, 0.6) is 0 Å². The van der Waals surface area contributed by atoms with Gasteiger partial charge in [-0.2, -0.15) is 0 Å². The molecular formula is C4H8I2O. The van der Waals surface area contributed by atoms with E-state index in [4.69, 9.17) is 5.11 Å². The van der Waals surface area contributed by atoms with Gasteiger partial charge in [-0.1, -0.05) is 45.2 Å². The minimum absolute atomic E-state index is 0.339. The number of aliphatic hydroxyl groups is 1. The zero-order valence-corrected chi connectivity index (χ0v) is 8.22. The highest BCUT2D eigenvalue weighted by atomic mass is 127. The van der Waals surface area contributed by atoms with Crippen molar-refractivity contribution in [3.63, 3.8) is 0 Å². The topological polar surface area (TPSA) is 20.2 Å². The van der Waals surface area contributed by atoms with Crippen LogP contribution in [0.2, 0.25) is 0 Å². The van der Waals surface area contributed by atoms with Crippen LogP contribution in [0.1, 0.15) is 0 Å². The number of hydrogen-bond donors (Lipinski definition) is 1. The summed E-state index contributed by atoms with van der Waals surface area (Å²) in [4.78, 5) is 0. The third kappa shape index (κ3) is 3.96. The Morgan fingerprint density at radius 3 is 1.71 bits per heavy atom. The van der Waals surface area contributed by atoms with E-state index >= 15 is 0 Å². The highest BCUT2D eigenvalue weighted by Gasteiger charge is 1.99. The van der Waals surface area contributed by atoms with Gasteiger partial charge in [0.05, 0.1) is 0 Å². The third-order valence-corrected chi connectivity index (χ3v) is 3.19. The lowest BCUT2D eigenvalue weighted by Crippen LogP contribution is -2.07. The van der Waals surface area contributed by atoms with Crippen LogP contribution >= 0.6 is 45.2 Å². The number of halogens is 2. The van der Waals surface area contributed by atoms with Crippen LogP contribution < -0.4 is 0 Å². The summed E-state index contributed by atoms with van der Waals surface area (Å²) in [6, 6.07) is 0. The molecule has 0 aliphatic carbocycles. The van der Waals surface area contributed by atoms with Crippen molar-refractivity contribution in [2.75, 3.05) is 15.5 Å². The molecule has 0 heterocycles. The highest BCUT2D eigenvalue weighted by molar-refractivity contribution is 14.1. The lowest BCUT2D eigenvalue weighted by atomic mass is 10.2. The molecular weight excluding hydrogens is 318 g/mol. The lowest BCUT2D eigenvalue weighted by Gasteiger charge is -2.02. The van der Waals surface area contributed by atoms with Crippen molar-refractivity contribution in [3.8, 4) is 0 Å². The molecule has 0 rings (SSSR count). The predicted octanol–water partition coefficient (Wildman–Crippen LogP) is 1.46. The molecule has 0 spiro atoms. The van der Waals surface area contributed by atoms with Crippen molar-refractivity contribution in [1.29, 1.82) is 0 Å². The van der Waals surface area contributed by atoms with Crippen LogP contribution in [0.4, 0.5) is 0 Å². The molecule has 0 aliphatic rings. The van der Waals surface area contributed by atoms with Crippen LogP contribution in [-0.2, 0) is 0 Å². The van der Waals surface area contributed by atoms with E-state index in [0.717, 1.165) is 8.86 Å². The molecule has 0 amide bonds. The zero-order chi connectivity index (χ0) is 5.70. The number of alkyl halides is 2. The Morgan fingerprint density at radius 2 is 1.71 bits per heavy atom. The van der Waals surface area contributed by atoms with Crippen LogP contribution in [0, 0.1) is 5.92 Å². The predicted molar refractivity (Wildman–Crippen MR) is 48.3 cm³/mol. The molecule has 0 bridgehead atoms. The minimum atomic E-state index is 0.339. The minimum Gasteiger partial charge on any atom is -0.396 e. The standard InChI is InChI=1S/C4H8I2O/c5-1-4(2-6)3-7/h4,7H,1-3H2. The summed E-state index contributed by atoms with van der Waals surface area (Å²) in [5, 5.41) is 8.52. The van der Waals surface area contributed by atoms with Gasteiger partial charge < -0.3 is 5.11 Å². The van der Waals surface area contributed by atoms with E-state index in [1.54, 1.807) is 0 Å². The van der Waals surface area contributed by atoms with Gasteiger partial charge in [-0.05, 0) is 5.92 Å². The second-order valence-electron chi connectivity index (χ2n) is 1.36. The van der Waals surface area contributed by atoms with Gasteiger partial charge in [-0.3, -0.25) is 0 Å². The van der Waals surface area contributed by atoms with Crippen LogP contribution in [0.25, 0.3) is 0 Å². The van der Waals surface area contributed by atoms with Crippen LogP contribution in [-0.4, -0.2) is 20.6 Å². The van der Waals surface area contributed by atoms with E-state index in [-0.39, 0.29) is 0 Å². The first-order valence-electron chi connectivity index (χ1n) is 2.08. The Balaban J connectivity index is 2.99. The molecule has 0 aromatic carbocycles. The molecule has 1 nitrogen and oxygen atoms in total. The largest absolute Gasteiger partial charge is 0.396 e. The fourth-order valence-corrected chi connectivity index (χ4v) is 2.51. The van der Waals surface area contributed by atoms with Gasteiger partial charge >= 0.3 is 0 Å². The van der Waals surface area contributed by atoms with Gasteiger partial charge in [-0.15, -0.1) is 0 Å². The quantitative estimate of drug-likeness (QED) is 0.615. The molecule has 0 radical (unpaired) electrons. The summed E-state index contributed by atoms with van der Waals surface area (Å²) in [7, 11) is 0. The van der Waals surface area contributed by atoms with Gasteiger partial charge in [-0.25, -0.2) is 0 Å². The van der Waals surface area contributed by atoms with Crippen molar-refractivity contribution >= 4 is 45.2 Å². The van der Waals surface area contributed by atoms with E-state index in [9.17, 15) is 0 Å². The van der Waals surface area contributed by atoms with Crippen molar-refractivity contribution in [2.45, 2.75) is 0 Å². The second-order valence-corrected chi connectivity index (χ2v) is 3.12. The average molecular weight is 326 g/mol. The maximum Gasteiger partial charge on any atom is 0.0473 e. The van der Waals surface area contributed by atoms with E-state index < -0.39 is 0 Å². The van der Waals surface area contributed by atoms with Gasteiger partial charge in [0.15, 0.2) is 0 Å². The van der Waals surface area contributed by atoms with Gasteiger partial charge in [0.2, 0.25) is 0 Å². The summed E-state index contributed by atoms with van der Waals surface area (Å²) in [5.41, 5.74) is 0. The van der Waals surface area contributed by atoms with Crippen molar-refractivity contribution in [2.24, 2.45) is 5.92 Å². The average Bonchev–Trinajstić information content (AvgIpc) is 1.72. The van der Waals surface area contributed by atoms with Crippen LogP contribution in [0.15, 0.2) is 0 Å². The van der Waals surface area contributed by atoms with Gasteiger partial charge in [0.25, 0.3) is 0 Å². The molecule has 0 saturated carbocycles. The smallest absolute Gasteiger partial charge is 0.0473 e. The molecule has 0 aromatic rings. The number of aliphatic hydroxyl groups excluding tert-OH is 1. The van der Waals surface area contributed by atoms with E-state index in [1.165, 1.54) is 0 Å². The monoisotopic (exact) mass is 326 g/mol. The lowest BCUT2D eigenvalue weighted by molar-refractivity contribution is 0.256. The molecule has 0 aliphatic heterocycles. The Bertz CT molecular complexity index is 31.2. The molecule has 0 atom stereocenters. The number of hydrogen-bond acceptors (Lipinski definition) is 1. The molecule has 3 heteroatoms. The summed E-state index contributed by atoms with van der Waals surface area (Å²) in [5.74, 6) is 0.515. The summed E-state index contributed by atoms with van der Waals surface area (Å²) < 4.78 is 2.13. The first-order chi connectivity index (χ1) is 3.35. The molecule has 0 unspecified atom stereocenters. The van der Waals surface area contributed by atoms with Gasteiger partial charge in [0.1, 0.15) is 0 Å². The Kier molecular flexibility index (Phi) is 6.68. The second kappa shape index (κ2) is 5.55. The molecule has 0 fully saturated rings. The maximum absolute atomic E-state index is 8.52. The third-order valence-electron chi connectivity index (χ3n) is 0.695. The fourth-order valence-electron chi connectivity index (χ4n) is 0.139. The Morgan fingerprint density at radius 1 is 1.29 bits per heavy atom. The highest BCUT2D eigenvalue weighted by Crippen LogP contribution is 2.03. The summed E-state index contributed by atoms with van der Waals surface area (Å²) >= 11 is 4.57. The van der Waals surface area contributed by atoms with Gasteiger partial charge in [0, 0.05) is 15.5 Å². The normalized spacial score (nSPS) is 10.3. The zero-order valence-electron chi connectivity index (χ0n) is 3.90. The van der Waals surface area contributed by atoms with E-state index in [0.29, 0.717) is 12.5 Å². The molecule has 7 heavy (non-hydrogen) atoms. The maximum atomic E-state index is 8.52. The molecule has 0 aromatic heterocycles. The fraction of sp³-hybridized carbons (Fsp3) is 1.00. The first kappa shape index (κ1) is 8.42. The summed E-state index contributed by atoms with van der Waals surface area (Å²) in [6.45, 7) is 0.339. The van der Waals surface area contributed by atoms with E-state index in [1.807, 2.05) is 0 Å². The first-order valence-corrected chi connectivity index (χ1v) is 5.13. The van der Waals surface area contributed by atoms with E-state index in [2.05, 4.69) is 45.2 Å².